The number of nitrogens with two attached hydrogens (primary N) is 6. The van der Waals surface area contributed by atoms with Gasteiger partial charge in [-0.25, -0.2) is 0 Å². The van der Waals surface area contributed by atoms with Crippen LogP contribution < -0.4 is 39.7 Å². The molecule has 19 N–H and O–H groups in total. The van der Waals surface area contributed by atoms with Crippen LogP contribution in [0.5, 0.6) is 0 Å². The van der Waals surface area contributed by atoms with Crippen molar-refractivity contribution in [2.75, 3.05) is 32.8 Å². The summed E-state index contributed by atoms with van der Waals surface area (Å²) in [6.07, 6.45) is -14.3. The molecule has 0 amide bonds. The van der Waals surface area contributed by atoms with Gasteiger partial charge in [0.1, 0.15) is 54.9 Å². The van der Waals surface area contributed by atoms with Crippen LogP contribution in [0.3, 0.4) is 0 Å². The van der Waals surface area contributed by atoms with Crippen LogP contribution in [0.1, 0.15) is 38.5 Å². The molecule has 0 radical (unpaired) electrons. The summed E-state index contributed by atoms with van der Waals surface area (Å²) in [6, 6.07) is -2.38. The third-order valence-electron chi connectivity index (χ3n) is 11.1. The van der Waals surface area contributed by atoms with E-state index in [1.54, 1.807) is 0 Å². The number of Topliss-reactive ketones (excluding diaryl/α,β-unsaturated/α-hetero) is 1. The Morgan fingerprint density at radius 1 is 0.750 bits per heavy atom. The molecule has 1 unspecified atom stereocenters. The molecule has 3 aliphatic heterocycles. The minimum atomic E-state index is -1.62. The Balaban J connectivity index is 1.30. The van der Waals surface area contributed by atoms with Gasteiger partial charge >= 0.3 is 0 Å². The average molecular weight is 752 g/mol. The van der Waals surface area contributed by atoms with Gasteiger partial charge in [0.2, 0.25) is 0 Å². The predicted octanol–water partition coefficient (Wildman–Crippen LogP) is -6.90. The molecule has 3 saturated heterocycles. The van der Waals surface area contributed by atoms with E-state index in [2.05, 4.69) is 5.32 Å². The maximum Gasteiger partial charge on any atom is 0.187 e. The van der Waals surface area contributed by atoms with Crippen molar-refractivity contribution >= 4 is 5.78 Å². The van der Waals surface area contributed by atoms with Gasteiger partial charge in [0, 0.05) is 38.1 Å². The smallest absolute Gasteiger partial charge is 0.187 e. The van der Waals surface area contributed by atoms with Crippen molar-refractivity contribution in [2.45, 2.75) is 149 Å². The molecule has 52 heavy (non-hydrogen) atoms. The standard InChI is InChI=1S/C32H61N7O13/c33-7-19(42)18(41)6-13-5-17(37)27(50-30-16(36)2-1-15(47-30)10-39-9-12-3-14(35)4-12)29(23(13)43)52-32-26(46)28(21(11-40)49-32)51-31-22(38)25(45)24(44)20(8-34)48-31/h12-17,19-32,39-40,42-46H,1-11,33-38H2/t12?,13-,14?,15-,16+,17-,19?,20-,21+,22+,23-,24+,25+,26+,27+,28+,29+,30+,31+,32-/m0/s1. The minimum Gasteiger partial charge on any atom is -0.394 e. The first kappa shape index (κ1) is 42.1. The summed E-state index contributed by atoms with van der Waals surface area (Å²) in [6.45, 7) is 0.260. The van der Waals surface area contributed by atoms with Crippen molar-refractivity contribution in [1.82, 2.24) is 5.32 Å². The summed E-state index contributed by atoms with van der Waals surface area (Å²) in [5.41, 5.74) is 36.2. The number of aliphatic hydroxyl groups excluding tert-OH is 6. The molecule has 20 nitrogen and oxygen atoms in total. The Hall–Kier alpha value is -1.09. The molecule has 5 aliphatic rings. The molecule has 2 saturated carbocycles. The van der Waals surface area contributed by atoms with E-state index < -0.39 is 116 Å². The summed E-state index contributed by atoms with van der Waals surface area (Å²) in [7, 11) is 0. The zero-order valence-corrected chi connectivity index (χ0v) is 29.3. The predicted molar refractivity (Wildman–Crippen MR) is 180 cm³/mol. The molecule has 5 fully saturated rings. The largest absolute Gasteiger partial charge is 0.394 e. The summed E-state index contributed by atoms with van der Waals surface area (Å²) in [5.74, 6) is -0.872. The first-order chi connectivity index (χ1) is 24.8. The van der Waals surface area contributed by atoms with E-state index in [-0.39, 0.29) is 38.1 Å². The van der Waals surface area contributed by atoms with Gasteiger partial charge in [-0.3, -0.25) is 4.79 Å². The SMILES string of the molecule is NCC(O)C(=O)C[C@@H]1C[C@H](N)[C@@H](O[C@H]2O[C@H](CNCC3CC(N)C3)CC[C@H]2N)[C@H](O[C@@H]2O[C@H](CO)[C@@H](O[C@H]3O[C@@H](CN)[C@@H](O)[C@H](O)[C@H]3N)[C@H]2O)[C@H]1O. The quantitative estimate of drug-likeness (QED) is 0.0696. The highest BCUT2D eigenvalue weighted by Gasteiger charge is 2.54. The lowest BCUT2D eigenvalue weighted by Crippen LogP contribution is -2.64. The maximum absolute atomic E-state index is 12.7. The van der Waals surface area contributed by atoms with E-state index in [0.717, 1.165) is 19.4 Å². The van der Waals surface area contributed by atoms with Crippen LogP contribution in [0.4, 0.5) is 0 Å². The number of hydrogen-bond acceptors (Lipinski definition) is 20. The van der Waals surface area contributed by atoms with Crippen LogP contribution in [-0.4, -0.2) is 179 Å². The number of rotatable bonds is 16. The zero-order chi connectivity index (χ0) is 37.9. The molecule has 302 valence electrons. The Morgan fingerprint density at radius 2 is 1.42 bits per heavy atom. The second-order valence-electron chi connectivity index (χ2n) is 15.1. The van der Waals surface area contributed by atoms with Gasteiger partial charge in [-0.1, -0.05) is 0 Å². The molecule has 0 aromatic heterocycles. The number of carbonyl (C=O) groups excluding carboxylic acids is 1. The van der Waals surface area contributed by atoms with Crippen LogP contribution in [0.25, 0.3) is 0 Å². The van der Waals surface area contributed by atoms with Gasteiger partial charge in [0.05, 0.1) is 30.9 Å². The lowest BCUT2D eigenvalue weighted by atomic mass is 9.76. The Bertz CT molecular complexity index is 1130. The van der Waals surface area contributed by atoms with E-state index in [4.69, 9.17) is 62.8 Å². The molecule has 0 bridgehead atoms. The van der Waals surface area contributed by atoms with E-state index in [1.165, 1.54) is 0 Å². The van der Waals surface area contributed by atoms with Crippen molar-refractivity contribution in [2.24, 2.45) is 46.2 Å². The summed E-state index contributed by atoms with van der Waals surface area (Å²) < 4.78 is 36.3. The Labute approximate surface area is 302 Å². The highest BCUT2D eigenvalue weighted by atomic mass is 16.8. The highest BCUT2D eigenvalue weighted by molar-refractivity contribution is 5.83. The van der Waals surface area contributed by atoms with Crippen LogP contribution in [0.15, 0.2) is 0 Å². The van der Waals surface area contributed by atoms with Gasteiger partial charge in [-0.05, 0) is 50.5 Å². The Morgan fingerprint density at radius 3 is 2.08 bits per heavy atom. The number of hydrogen-bond donors (Lipinski definition) is 13. The summed E-state index contributed by atoms with van der Waals surface area (Å²) in [5, 5.41) is 67.4. The molecular weight excluding hydrogens is 690 g/mol. The van der Waals surface area contributed by atoms with Crippen molar-refractivity contribution in [1.29, 1.82) is 0 Å². The summed E-state index contributed by atoms with van der Waals surface area (Å²) in [4.78, 5) is 12.7. The third-order valence-corrected chi connectivity index (χ3v) is 11.1. The molecule has 0 aromatic rings. The molecule has 0 aromatic carbocycles. The number of nitrogens with one attached hydrogen (secondary N) is 1. The molecule has 5 rings (SSSR count). The van der Waals surface area contributed by atoms with Gasteiger partial charge < -0.3 is 98.8 Å². The molecular formula is C32H61N7O13. The van der Waals surface area contributed by atoms with Crippen LogP contribution in [0.2, 0.25) is 0 Å². The lowest BCUT2D eigenvalue weighted by Gasteiger charge is -2.46. The lowest BCUT2D eigenvalue weighted by molar-refractivity contribution is -0.292. The van der Waals surface area contributed by atoms with Crippen LogP contribution >= 0.6 is 0 Å². The van der Waals surface area contributed by atoms with Gasteiger partial charge in [0.25, 0.3) is 0 Å². The number of ether oxygens (including phenoxy) is 6. The molecule has 20 heteroatoms. The molecule has 0 spiro atoms. The fraction of sp³-hybridized carbons (Fsp3) is 0.969. The van der Waals surface area contributed by atoms with Crippen molar-refractivity contribution in [3.8, 4) is 0 Å². The minimum absolute atomic E-state index is 0.0949. The third kappa shape index (κ3) is 9.64. The monoisotopic (exact) mass is 751 g/mol. The molecule has 3 heterocycles. The first-order valence-electron chi connectivity index (χ1n) is 18.4. The first-order valence-corrected chi connectivity index (χ1v) is 18.4. The average Bonchev–Trinajstić information content (AvgIpc) is 3.41. The van der Waals surface area contributed by atoms with Crippen molar-refractivity contribution < 1.29 is 63.9 Å². The fourth-order valence-corrected chi connectivity index (χ4v) is 7.82. The van der Waals surface area contributed by atoms with E-state index in [0.29, 0.717) is 25.3 Å². The van der Waals surface area contributed by atoms with Gasteiger partial charge in [-0.2, -0.15) is 0 Å². The Kier molecular flexibility index (Phi) is 15.1. The second kappa shape index (κ2) is 18.7. The molecule has 2 aliphatic carbocycles. The highest BCUT2D eigenvalue weighted by Crippen LogP contribution is 2.37. The number of carbonyl (C=O) groups is 1. The normalized spacial score (nSPS) is 47.6. The second-order valence-corrected chi connectivity index (χ2v) is 15.1. The number of aliphatic hydroxyl groups is 6. The van der Waals surface area contributed by atoms with E-state index in [1.807, 2.05) is 0 Å². The van der Waals surface area contributed by atoms with Crippen LogP contribution in [-0.2, 0) is 33.2 Å². The van der Waals surface area contributed by atoms with E-state index >= 15 is 0 Å². The van der Waals surface area contributed by atoms with Crippen LogP contribution in [0, 0.1) is 11.8 Å². The summed E-state index contributed by atoms with van der Waals surface area (Å²) >= 11 is 0. The van der Waals surface area contributed by atoms with E-state index in [9.17, 15) is 35.4 Å². The molecule has 18 atom stereocenters. The van der Waals surface area contributed by atoms with Crippen molar-refractivity contribution in [3.05, 3.63) is 0 Å². The maximum atomic E-state index is 12.7. The number of ketones is 1. The fourth-order valence-electron chi connectivity index (χ4n) is 7.82. The van der Waals surface area contributed by atoms with Gasteiger partial charge in [-0.15, -0.1) is 0 Å². The van der Waals surface area contributed by atoms with Crippen molar-refractivity contribution in [3.63, 3.8) is 0 Å². The zero-order valence-electron chi connectivity index (χ0n) is 29.3. The topological polar surface area (TPSA) is 362 Å². The van der Waals surface area contributed by atoms with Gasteiger partial charge in [0.15, 0.2) is 24.7 Å².